The Hall–Kier alpha value is -1.97. The Kier molecular flexibility index (Phi) is 8.24. The molecule has 1 amide bonds. The number of amides is 1. The zero-order valence-electron chi connectivity index (χ0n) is 18.2. The number of methoxy groups -OCH3 is 1. The van der Waals surface area contributed by atoms with Gasteiger partial charge in [0.15, 0.2) is 5.96 Å². The first kappa shape index (κ1) is 22.7. The van der Waals surface area contributed by atoms with Crippen molar-refractivity contribution in [1.29, 1.82) is 0 Å². The normalized spacial score (nSPS) is 15.1. The molecular formula is C21H31N5O2S2. The molecule has 2 aromatic rings. The molecule has 9 heteroatoms. The molecule has 3 heterocycles. The van der Waals surface area contributed by atoms with Crippen molar-refractivity contribution in [1.82, 2.24) is 20.1 Å². The maximum atomic E-state index is 12.6. The molecule has 1 atom stereocenters. The Morgan fingerprint density at radius 1 is 1.47 bits per heavy atom. The van der Waals surface area contributed by atoms with Crippen molar-refractivity contribution in [3.63, 3.8) is 0 Å². The fourth-order valence-electron chi connectivity index (χ4n) is 3.35. The number of carbonyl (C=O) groups is 1. The fraction of sp³-hybridized carbons (Fsp3) is 0.571. The van der Waals surface area contributed by atoms with Gasteiger partial charge in [-0.25, -0.2) is 4.98 Å². The van der Waals surface area contributed by atoms with Gasteiger partial charge in [0.1, 0.15) is 11.1 Å². The number of fused-ring (bicyclic) bond motifs is 1. The molecule has 1 aliphatic rings. The van der Waals surface area contributed by atoms with Gasteiger partial charge in [-0.15, -0.1) is 22.7 Å². The van der Waals surface area contributed by atoms with Crippen LogP contribution in [0.1, 0.15) is 47.5 Å². The highest BCUT2D eigenvalue weighted by Crippen LogP contribution is 2.24. The monoisotopic (exact) mass is 449 g/mol. The molecule has 3 rings (SSSR count). The molecule has 1 N–H and O–H groups in total. The summed E-state index contributed by atoms with van der Waals surface area (Å²) in [6.45, 7) is 7.47. The first-order valence-corrected chi connectivity index (χ1v) is 12.1. The molecule has 0 radical (unpaired) electrons. The molecule has 30 heavy (non-hydrogen) atoms. The van der Waals surface area contributed by atoms with E-state index in [0.29, 0.717) is 19.5 Å². The van der Waals surface area contributed by atoms with Crippen molar-refractivity contribution < 1.29 is 9.53 Å². The van der Waals surface area contributed by atoms with Crippen LogP contribution in [-0.2, 0) is 29.0 Å². The van der Waals surface area contributed by atoms with E-state index in [1.54, 1.807) is 29.8 Å². The SMILES string of the molecule is CCNC(=NCCC(=O)N1CCc2sccc2C1)N(C)Cc1csc(C(C)OC)n1. The van der Waals surface area contributed by atoms with E-state index in [4.69, 9.17) is 4.74 Å². The molecule has 7 nitrogen and oxygen atoms in total. The highest BCUT2D eigenvalue weighted by molar-refractivity contribution is 7.10. The van der Waals surface area contributed by atoms with Crippen LogP contribution in [0.4, 0.5) is 0 Å². The maximum absolute atomic E-state index is 12.6. The molecule has 0 fully saturated rings. The molecule has 0 saturated carbocycles. The van der Waals surface area contributed by atoms with Gasteiger partial charge >= 0.3 is 0 Å². The smallest absolute Gasteiger partial charge is 0.224 e. The minimum Gasteiger partial charge on any atom is -0.375 e. The molecule has 0 aromatic carbocycles. The Morgan fingerprint density at radius 2 is 2.30 bits per heavy atom. The van der Waals surface area contributed by atoms with Gasteiger partial charge in [-0.05, 0) is 37.3 Å². The zero-order chi connectivity index (χ0) is 21.5. The van der Waals surface area contributed by atoms with Crippen molar-refractivity contribution in [2.24, 2.45) is 4.99 Å². The molecule has 1 aliphatic heterocycles. The van der Waals surface area contributed by atoms with Crippen LogP contribution < -0.4 is 5.32 Å². The van der Waals surface area contributed by atoms with Crippen LogP contribution in [0.15, 0.2) is 21.8 Å². The van der Waals surface area contributed by atoms with Crippen LogP contribution >= 0.6 is 22.7 Å². The van der Waals surface area contributed by atoms with Crippen molar-refractivity contribution in [2.45, 2.75) is 45.9 Å². The summed E-state index contributed by atoms with van der Waals surface area (Å²) in [7, 11) is 3.68. The number of carbonyl (C=O) groups excluding carboxylic acids is 1. The molecule has 2 aromatic heterocycles. The second-order valence-corrected chi connectivity index (χ2v) is 9.22. The van der Waals surface area contributed by atoms with Crippen LogP contribution in [0.2, 0.25) is 0 Å². The van der Waals surface area contributed by atoms with Gasteiger partial charge in [0.25, 0.3) is 0 Å². The number of nitrogens with one attached hydrogen (secondary N) is 1. The average molecular weight is 450 g/mol. The number of guanidine groups is 1. The van der Waals surface area contributed by atoms with Gasteiger partial charge in [0.05, 0.1) is 18.8 Å². The topological polar surface area (TPSA) is 70.1 Å². The predicted molar refractivity (Wildman–Crippen MR) is 123 cm³/mol. The first-order valence-electron chi connectivity index (χ1n) is 10.3. The summed E-state index contributed by atoms with van der Waals surface area (Å²) in [6.07, 6.45) is 1.39. The number of thiazole rings is 1. The van der Waals surface area contributed by atoms with Gasteiger partial charge in [0, 0.05) is 50.5 Å². The lowest BCUT2D eigenvalue weighted by atomic mass is 10.1. The molecule has 0 bridgehead atoms. The van der Waals surface area contributed by atoms with E-state index in [1.807, 2.05) is 30.7 Å². The number of thiophene rings is 1. The number of ether oxygens (including phenoxy) is 1. The zero-order valence-corrected chi connectivity index (χ0v) is 19.8. The largest absolute Gasteiger partial charge is 0.375 e. The average Bonchev–Trinajstić information content (AvgIpc) is 3.41. The van der Waals surface area contributed by atoms with E-state index in [1.165, 1.54) is 10.4 Å². The lowest BCUT2D eigenvalue weighted by molar-refractivity contribution is -0.131. The third kappa shape index (κ3) is 5.80. The minimum atomic E-state index is 0.00178. The minimum absolute atomic E-state index is 0.00178. The van der Waals surface area contributed by atoms with Crippen LogP contribution in [0.5, 0.6) is 0 Å². The van der Waals surface area contributed by atoms with Crippen molar-refractivity contribution >= 4 is 34.5 Å². The maximum Gasteiger partial charge on any atom is 0.224 e. The Morgan fingerprint density at radius 3 is 3.07 bits per heavy atom. The van der Waals surface area contributed by atoms with Gasteiger partial charge in [-0.1, -0.05) is 0 Å². The fourth-order valence-corrected chi connectivity index (χ4v) is 5.08. The molecule has 1 unspecified atom stereocenters. The molecular weight excluding hydrogens is 418 g/mol. The van der Waals surface area contributed by atoms with Crippen LogP contribution in [-0.4, -0.2) is 60.4 Å². The summed E-state index contributed by atoms with van der Waals surface area (Å²) in [5.41, 5.74) is 2.28. The quantitative estimate of drug-likeness (QED) is 0.495. The second kappa shape index (κ2) is 10.9. The highest BCUT2D eigenvalue weighted by Gasteiger charge is 2.21. The summed E-state index contributed by atoms with van der Waals surface area (Å²) >= 11 is 3.40. The van der Waals surface area contributed by atoms with E-state index in [2.05, 4.69) is 32.1 Å². The number of aliphatic imine (C=N–C) groups is 1. The first-order chi connectivity index (χ1) is 14.5. The molecule has 0 aliphatic carbocycles. The lowest BCUT2D eigenvalue weighted by Crippen LogP contribution is -2.39. The summed E-state index contributed by atoms with van der Waals surface area (Å²) < 4.78 is 5.34. The summed E-state index contributed by atoms with van der Waals surface area (Å²) in [6, 6.07) is 2.13. The summed E-state index contributed by atoms with van der Waals surface area (Å²) in [5, 5.41) is 8.46. The van der Waals surface area contributed by atoms with Crippen molar-refractivity contribution in [2.75, 3.05) is 33.8 Å². The number of hydrogen-bond acceptors (Lipinski definition) is 6. The van der Waals surface area contributed by atoms with Gasteiger partial charge in [-0.3, -0.25) is 9.79 Å². The Bertz CT molecular complexity index is 863. The molecule has 0 saturated heterocycles. The lowest BCUT2D eigenvalue weighted by Gasteiger charge is -2.27. The summed E-state index contributed by atoms with van der Waals surface area (Å²) in [4.78, 5) is 27.4. The van der Waals surface area contributed by atoms with Gasteiger partial charge < -0.3 is 19.9 Å². The third-order valence-electron chi connectivity index (χ3n) is 5.11. The highest BCUT2D eigenvalue weighted by atomic mass is 32.1. The van der Waals surface area contributed by atoms with E-state index >= 15 is 0 Å². The predicted octanol–water partition coefficient (Wildman–Crippen LogP) is 3.28. The van der Waals surface area contributed by atoms with Crippen LogP contribution in [0.25, 0.3) is 0 Å². The van der Waals surface area contributed by atoms with Crippen molar-refractivity contribution in [3.05, 3.63) is 38.0 Å². The second-order valence-electron chi connectivity index (χ2n) is 7.33. The summed E-state index contributed by atoms with van der Waals surface area (Å²) in [5.74, 6) is 0.963. The van der Waals surface area contributed by atoms with E-state index in [0.717, 1.165) is 42.7 Å². The Balaban J connectivity index is 1.53. The van der Waals surface area contributed by atoms with Crippen LogP contribution in [0, 0.1) is 0 Å². The standard InChI is InChI=1S/C21H31N5O2S2/c1-5-22-21(25(3)13-17-14-30-20(24-17)15(2)28-4)23-9-6-19(27)26-10-7-18-16(12-26)8-11-29-18/h8,11,14-15H,5-7,9-10,12-13H2,1-4H3,(H,22,23). The third-order valence-corrected chi connectivity index (χ3v) is 7.19. The number of aromatic nitrogens is 1. The number of rotatable bonds is 8. The molecule has 0 spiro atoms. The van der Waals surface area contributed by atoms with E-state index in [9.17, 15) is 4.79 Å². The number of hydrogen-bond donors (Lipinski definition) is 1. The van der Waals surface area contributed by atoms with Gasteiger partial charge in [-0.2, -0.15) is 0 Å². The van der Waals surface area contributed by atoms with Crippen molar-refractivity contribution in [3.8, 4) is 0 Å². The van der Waals surface area contributed by atoms with Gasteiger partial charge in [0.2, 0.25) is 5.91 Å². The Labute approximate surface area is 186 Å². The van der Waals surface area contributed by atoms with E-state index < -0.39 is 0 Å². The molecule has 164 valence electrons. The van der Waals surface area contributed by atoms with E-state index in [-0.39, 0.29) is 12.0 Å². The van der Waals surface area contributed by atoms with Crippen LogP contribution in [0.3, 0.4) is 0 Å². The number of nitrogens with zero attached hydrogens (tertiary/aromatic N) is 4.